The summed E-state index contributed by atoms with van der Waals surface area (Å²) in [6.07, 6.45) is 0. The summed E-state index contributed by atoms with van der Waals surface area (Å²) in [6, 6.07) is 10.3. The maximum absolute atomic E-state index is 5.13. The van der Waals surface area contributed by atoms with E-state index in [4.69, 9.17) is 4.74 Å². The number of benzene rings is 1. The van der Waals surface area contributed by atoms with Crippen molar-refractivity contribution in [3.63, 3.8) is 0 Å². The minimum absolute atomic E-state index is 0.892. The molecule has 0 fully saturated rings. The van der Waals surface area contributed by atoms with Crippen molar-refractivity contribution in [2.45, 2.75) is 13.8 Å². The van der Waals surface area contributed by atoms with E-state index in [9.17, 15) is 0 Å². The standard InChI is InChI=1S/C13H15NO/c1-9-8-13(10(2)14-9)11-4-6-12(15-3)7-5-11/h4-8,14H,1-3H3. The zero-order valence-electron chi connectivity index (χ0n) is 9.29. The SMILES string of the molecule is COc1ccc(-c2cc(C)[nH]c2C)cc1. The van der Waals surface area contributed by atoms with Gasteiger partial charge in [0.1, 0.15) is 5.75 Å². The quantitative estimate of drug-likeness (QED) is 0.792. The maximum atomic E-state index is 5.13. The molecule has 2 aromatic rings. The number of hydrogen-bond donors (Lipinski definition) is 1. The molecule has 0 saturated carbocycles. The fraction of sp³-hybridized carbons (Fsp3) is 0.231. The average Bonchev–Trinajstić information content (AvgIpc) is 2.58. The van der Waals surface area contributed by atoms with Crippen molar-refractivity contribution in [2.24, 2.45) is 0 Å². The van der Waals surface area contributed by atoms with Gasteiger partial charge in [-0.3, -0.25) is 0 Å². The molecule has 2 heteroatoms. The van der Waals surface area contributed by atoms with Crippen molar-refractivity contribution in [1.82, 2.24) is 4.98 Å². The first-order chi connectivity index (χ1) is 7.20. The molecule has 1 aromatic heterocycles. The highest BCUT2D eigenvalue weighted by Crippen LogP contribution is 2.25. The number of aryl methyl sites for hydroxylation is 2. The van der Waals surface area contributed by atoms with Gasteiger partial charge in [-0.1, -0.05) is 12.1 Å². The summed E-state index contributed by atoms with van der Waals surface area (Å²) in [5.41, 5.74) is 4.88. The zero-order valence-corrected chi connectivity index (χ0v) is 9.29. The Balaban J connectivity index is 2.41. The van der Waals surface area contributed by atoms with E-state index in [0.29, 0.717) is 0 Å². The van der Waals surface area contributed by atoms with Crippen molar-refractivity contribution in [2.75, 3.05) is 7.11 Å². The van der Waals surface area contributed by atoms with Gasteiger partial charge in [0.05, 0.1) is 7.11 Å². The Morgan fingerprint density at radius 2 is 1.73 bits per heavy atom. The van der Waals surface area contributed by atoms with Crippen LogP contribution in [0.3, 0.4) is 0 Å². The largest absolute Gasteiger partial charge is 0.497 e. The fourth-order valence-electron chi connectivity index (χ4n) is 1.79. The van der Waals surface area contributed by atoms with Crippen LogP contribution < -0.4 is 4.74 Å². The summed E-state index contributed by atoms with van der Waals surface area (Å²) >= 11 is 0. The summed E-state index contributed by atoms with van der Waals surface area (Å²) in [5.74, 6) is 0.892. The second kappa shape index (κ2) is 3.81. The number of rotatable bonds is 2. The molecule has 2 nitrogen and oxygen atoms in total. The summed E-state index contributed by atoms with van der Waals surface area (Å²) in [5, 5.41) is 0. The Labute approximate surface area is 89.9 Å². The van der Waals surface area contributed by atoms with Crippen LogP contribution in [0.5, 0.6) is 5.75 Å². The van der Waals surface area contributed by atoms with E-state index in [1.807, 2.05) is 12.1 Å². The van der Waals surface area contributed by atoms with Crippen LogP contribution in [-0.4, -0.2) is 12.1 Å². The number of H-pyrrole nitrogens is 1. The van der Waals surface area contributed by atoms with Gasteiger partial charge in [0.25, 0.3) is 0 Å². The molecule has 15 heavy (non-hydrogen) atoms. The van der Waals surface area contributed by atoms with E-state index in [2.05, 4.69) is 37.0 Å². The van der Waals surface area contributed by atoms with E-state index < -0.39 is 0 Å². The van der Waals surface area contributed by atoms with Crippen LogP contribution in [0.25, 0.3) is 11.1 Å². The normalized spacial score (nSPS) is 10.3. The van der Waals surface area contributed by atoms with Gasteiger partial charge in [0.15, 0.2) is 0 Å². The predicted octanol–water partition coefficient (Wildman–Crippen LogP) is 3.31. The van der Waals surface area contributed by atoms with Gasteiger partial charge in [-0.25, -0.2) is 0 Å². The van der Waals surface area contributed by atoms with Gasteiger partial charge in [-0.2, -0.15) is 0 Å². The Bertz CT molecular complexity index is 454. The van der Waals surface area contributed by atoms with Crippen LogP contribution in [0.15, 0.2) is 30.3 Å². The van der Waals surface area contributed by atoms with E-state index in [1.165, 1.54) is 22.5 Å². The second-order valence-corrected chi connectivity index (χ2v) is 3.72. The molecule has 0 unspecified atom stereocenters. The van der Waals surface area contributed by atoms with Crippen LogP contribution in [0.4, 0.5) is 0 Å². The van der Waals surface area contributed by atoms with Crippen molar-refractivity contribution in [1.29, 1.82) is 0 Å². The third-order valence-corrected chi connectivity index (χ3v) is 2.55. The monoisotopic (exact) mass is 201 g/mol. The molecule has 0 aliphatic carbocycles. The highest BCUT2D eigenvalue weighted by molar-refractivity contribution is 5.67. The van der Waals surface area contributed by atoms with Crippen LogP contribution >= 0.6 is 0 Å². The molecule has 0 bridgehead atoms. The second-order valence-electron chi connectivity index (χ2n) is 3.72. The number of aromatic amines is 1. The molecule has 0 radical (unpaired) electrons. The summed E-state index contributed by atoms with van der Waals surface area (Å²) in [6.45, 7) is 4.16. The smallest absolute Gasteiger partial charge is 0.118 e. The highest BCUT2D eigenvalue weighted by Gasteiger charge is 2.04. The molecule has 0 spiro atoms. The van der Waals surface area contributed by atoms with Crippen LogP contribution in [0.1, 0.15) is 11.4 Å². The minimum atomic E-state index is 0.892. The van der Waals surface area contributed by atoms with Crippen molar-refractivity contribution < 1.29 is 4.74 Å². The molecule has 0 saturated heterocycles. The molecule has 0 aliphatic rings. The summed E-state index contributed by atoms with van der Waals surface area (Å²) < 4.78 is 5.13. The van der Waals surface area contributed by atoms with Crippen molar-refractivity contribution in [3.8, 4) is 16.9 Å². The maximum Gasteiger partial charge on any atom is 0.118 e. The highest BCUT2D eigenvalue weighted by atomic mass is 16.5. The number of ether oxygens (including phenoxy) is 1. The van der Waals surface area contributed by atoms with Crippen molar-refractivity contribution in [3.05, 3.63) is 41.7 Å². The number of methoxy groups -OCH3 is 1. The molecule has 1 heterocycles. The van der Waals surface area contributed by atoms with E-state index in [0.717, 1.165) is 5.75 Å². The van der Waals surface area contributed by atoms with Crippen LogP contribution in [-0.2, 0) is 0 Å². The topological polar surface area (TPSA) is 25.0 Å². The third-order valence-electron chi connectivity index (χ3n) is 2.55. The zero-order chi connectivity index (χ0) is 10.8. The first-order valence-electron chi connectivity index (χ1n) is 5.01. The Hall–Kier alpha value is -1.70. The van der Waals surface area contributed by atoms with Gasteiger partial charge < -0.3 is 9.72 Å². The van der Waals surface area contributed by atoms with Gasteiger partial charge in [-0.05, 0) is 37.6 Å². The Kier molecular flexibility index (Phi) is 2.50. The average molecular weight is 201 g/mol. The Morgan fingerprint density at radius 3 is 2.20 bits per heavy atom. The molecule has 1 N–H and O–H groups in total. The predicted molar refractivity (Wildman–Crippen MR) is 62.3 cm³/mol. The van der Waals surface area contributed by atoms with Crippen LogP contribution in [0, 0.1) is 13.8 Å². The lowest BCUT2D eigenvalue weighted by Gasteiger charge is -2.02. The first-order valence-corrected chi connectivity index (χ1v) is 5.01. The lowest BCUT2D eigenvalue weighted by Crippen LogP contribution is -1.83. The molecule has 0 aliphatic heterocycles. The number of aromatic nitrogens is 1. The molecule has 2 rings (SSSR count). The van der Waals surface area contributed by atoms with Gasteiger partial charge in [0.2, 0.25) is 0 Å². The molecule has 1 aromatic carbocycles. The summed E-state index contributed by atoms with van der Waals surface area (Å²) in [7, 11) is 1.68. The lowest BCUT2D eigenvalue weighted by molar-refractivity contribution is 0.415. The van der Waals surface area contributed by atoms with Crippen molar-refractivity contribution >= 4 is 0 Å². The minimum Gasteiger partial charge on any atom is -0.497 e. The molecule has 78 valence electrons. The molecule has 0 atom stereocenters. The number of nitrogens with one attached hydrogen (secondary N) is 1. The molecular weight excluding hydrogens is 186 g/mol. The molecule has 0 amide bonds. The lowest BCUT2D eigenvalue weighted by atomic mass is 10.1. The van der Waals surface area contributed by atoms with Gasteiger partial charge in [0, 0.05) is 17.0 Å². The van der Waals surface area contributed by atoms with Gasteiger partial charge >= 0.3 is 0 Å². The Morgan fingerprint density at radius 1 is 1.07 bits per heavy atom. The third kappa shape index (κ3) is 1.89. The number of hydrogen-bond acceptors (Lipinski definition) is 1. The van der Waals surface area contributed by atoms with E-state index in [1.54, 1.807) is 7.11 Å². The van der Waals surface area contributed by atoms with Crippen LogP contribution in [0.2, 0.25) is 0 Å². The van der Waals surface area contributed by atoms with E-state index in [-0.39, 0.29) is 0 Å². The van der Waals surface area contributed by atoms with Gasteiger partial charge in [-0.15, -0.1) is 0 Å². The summed E-state index contributed by atoms with van der Waals surface area (Å²) in [4.78, 5) is 3.30. The van der Waals surface area contributed by atoms with E-state index >= 15 is 0 Å². The fourth-order valence-corrected chi connectivity index (χ4v) is 1.79. The first kappa shape index (κ1) is 9.84. The molecular formula is C13H15NO.